The first-order chi connectivity index (χ1) is 10.2. The summed E-state index contributed by atoms with van der Waals surface area (Å²) in [5, 5.41) is 11.1. The Morgan fingerprint density at radius 2 is 1.86 bits per heavy atom. The van der Waals surface area contributed by atoms with Crippen LogP contribution in [0.3, 0.4) is 0 Å². The zero-order chi connectivity index (χ0) is 14.8. The van der Waals surface area contributed by atoms with Crippen molar-refractivity contribution in [3.8, 4) is 0 Å². The van der Waals surface area contributed by atoms with Gasteiger partial charge in [-0.1, -0.05) is 30.3 Å². The molecule has 0 bridgehead atoms. The van der Waals surface area contributed by atoms with Crippen LogP contribution in [0.25, 0.3) is 11.0 Å². The highest BCUT2D eigenvalue weighted by Gasteiger charge is 2.25. The van der Waals surface area contributed by atoms with Crippen LogP contribution in [0.5, 0.6) is 0 Å². The summed E-state index contributed by atoms with van der Waals surface area (Å²) in [5.41, 5.74) is 1.38. The Balaban J connectivity index is 1.96. The first kappa shape index (κ1) is 13.8. The topological polar surface area (TPSA) is 42.6 Å². The summed E-state index contributed by atoms with van der Waals surface area (Å²) >= 11 is 0. The third kappa shape index (κ3) is 2.68. The van der Waals surface area contributed by atoms with Crippen LogP contribution in [-0.2, 0) is 4.74 Å². The largest absolute Gasteiger partial charge is 0.458 e. The van der Waals surface area contributed by atoms with Crippen molar-refractivity contribution in [3.63, 3.8) is 0 Å². The van der Waals surface area contributed by atoms with Gasteiger partial charge in [-0.25, -0.2) is 4.39 Å². The van der Waals surface area contributed by atoms with E-state index in [1.165, 1.54) is 19.2 Å². The molecule has 0 amide bonds. The van der Waals surface area contributed by atoms with E-state index >= 15 is 0 Å². The third-order valence-corrected chi connectivity index (χ3v) is 3.46. The number of hydrogen-bond donors (Lipinski definition) is 1. The van der Waals surface area contributed by atoms with Crippen molar-refractivity contribution in [2.75, 3.05) is 7.11 Å². The molecule has 3 rings (SSSR count). The molecule has 3 aromatic rings. The number of aliphatic hydroxyl groups is 1. The fraction of sp³-hybridized carbons (Fsp3) is 0.176. The average molecular weight is 286 g/mol. The van der Waals surface area contributed by atoms with Crippen LogP contribution >= 0.6 is 0 Å². The van der Waals surface area contributed by atoms with Gasteiger partial charge in [0.1, 0.15) is 29.4 Å². The van der Waals surface area contributed by atoms with Gasteiger partial charge in [-0.05, 0) is 29.8 Å². The molecule has 0 radical (unpaired) electrons. The van der Waals surface area contributed by atoms with Gasteiger partial charge in [0.2, 0.25) is 0 Å². The molecule has 3 nitrogen and oxygen atoms in total. The smallest absolute Gasteiger partial charge is 0.142 e. The lowest BCUT2D eigenvalue weighted by Crippen LogP contribution is -2.12. The Bertz CT molecular complexity index is 736. The van der Waals surface area contributed by atoms with Crippen molar-refractivity contribution >= 4 is 11.0 Å². The van der Waals surface area contributed by atoms with Crippen LogP contribution in [0, 0.1) is 5.82 Å². The van der Waals surface area contributed by atoms with Crippen molar-refractivity contribution < 1.29 is 18.7 Å². The number of benzene rings is 2. The summed E-state index contributed by atoms with van der Waals surface area (Å²) in [7, 11) is 1.53. The van der Waals surface area contributed by atoms with Gasteiger partial charge in [-0.2, -0.15) is 0 Å². The van der Waals surface area contributed by atoms with E-state index in [4.69, 9.17) is 9.15 Å². The number of halogens is 1. The van der Waals surface area contributed by atoms with E-state index in [2.05, 4.69) is 0 Å². The van der Waals surface area contributed by atoms with Crippen LogP contribution in [0.2, 0.25) is 0 Å². The minimum absolute atomic E-state index is 0.337. The van der Waals surface area contributed by atoms with Crippen LogP contribution < -0.4 is 0 Å². The molecule has 108 valence electrons. The zero-order valence-electron chi connectivity index (χ0n) is 11.5. The van der Waals surface area contributed by atoms with Gasteiger partial charge >= 0.3 is 0 Å². The zero-order valence-corrected chi connectivity index (χ0v) is 11.5. The number of furan rings is 1. The molecule has 2 unspecified atom stereocenters. The summed E-state index contributed by atoms with van der Waals surface area (Å²) < 4.78 is 24.2. The second-order valence-corrected chi connectivity index (χ2v) is 4.84. The van der Waals surface area contributed by atoms with Gasteiger partial charge in [0.25, 0.3) is 0 Å². The fourth-order valence-electron chi connectivity index (χ4n) is 2.42. The predicted octanol–water partition coefficient (Wildman–Crippen LogP) is 3.99. The van der Waals surface area contributed by atoms with Crippen LogP contribution in [-0.4, -0.2) is 12.2 Å². The Hall–Kier alpha value is -2.17. The maximum Gasteiger partial charge on any atom is 0.142 e. The Labute approximate surface area is 121 Å². The number of rotatable bonds is 4. The van der Waals surface area contributed by atoms with E-state index in [-0.39, 0.29) is 5.82 Å². The quantitative estimate of drug-likeness (QED) is 0.788. The number of aliphatic hydroxyl groups excluding tert-OH is 1. The van der Waals surface area contributed by atoms with E-state index in [1.807, 2.05) is 30.3 Å². The number of ether oxygens (including phenoxy) is 1. The van der Waals surface area contributed by atoms with Crippen molar-refractivity contribution in [2.45, 2.75) is 12.2 Å². The van der Waals surface area contributed by atoms with Crippen LogP contribution in [0.4, 0.5) is 4.39 Å². The lowest BCUT2D eigenvalue weighted by molar-refractivity contribution is -0.0245. The summed E-state index contributed by atoms with van der Waals surface area (Å²) in [4.78, 5) is 0. The van der Waals surface area contributed by atoms with Gasteiger partial charge in [0, 0.05) is 12.5 Å². The predicted molar refractivity (Wildman–Crippen MR) is 77.3 cm³/mol. The molecule has 4 heteroatoms. The number of fused-ring (bicyclic) bond motifs is 1. The summed E-state index contributed by atoms with van der Waals surface area (Å²) in [6, 6.07) is 15.3. The monoisotopic (exact) mass is 286 g/mol. The molecule has 0 aliphatic heterocycles. The lowest BCUT2D eigenvalue weighted by atomic mass is 10.0. The normalized spacial score (nSPS) is 14.2. The molecule has 0 aliphatic carbocycles. The second-order valence-electron chi connectivity index (χ2n) is 4.84. The molecule has 1 N–H and O–H groups in total. The molecule has 0 spiro atoms. The Morgan fingerprint density at radius 3 is 2.57 bits per heavy atom. The number of methoxy groups -OCH3 is 1. The van der Waals surface area contributed by atoms with Crippen LogP contribution in [0.1, 0.15) is 23.5 Å². The highest BCUT2D eigenvalue weighted by Crippen LogP contribution is 2.34. The first-order valence-electron chi connectivity index (χ1n) is 6.64. The van der Waals surface area contributed by atoms with E-state index < -0.39 is 12.2 Å². The van der Waals surface area contributed by atoms with Crippen LogP contribution in [0.15, 0.2) is 59.0 Å². The van der Waals surface area contributed by atoms with Gasteiger partial charge < -0.3 is 14.3 Å². The average Bonchev–Trinajstić information content (AvgIpc) is 2.92. The minimum Gasteiger partial charge on any atom is -0.458 e. The molecule has 0 fully saturated rings. The lowest BCUT2D eigenvalue weighted by Gasteiger charge is -2.20. The molecule has 0 saturated carbocycles. The molecular formula is C17H15FO3. The number of hydrogen-bond acceptors (Lipinski definition) is 3. The van der Waals surface area contributed by atoms with E-state index in [0.717, 1.165) is 5.56 Å². The molecule has 21 heavy (non-hydrogen) atoms. The van der Waals surface area contributed by atoms with Gasteiger partial charge in [0.05, 0.1) is 0 Å². The SMILES string of the molecule is COC(c1ccccc1)C(O)c1cc2cc(F)ccc2o1. The third-order valence-electron chi connectivity index (χ3n) is 3.46. The molecule has 0 aliphatic rings. The maximum atomic E-state index is 13.2. The molecular weight excluding hydrogens is 271 g/mol. The minimum atomic E-state index is -0.965. The summed E-state index contributed by atoms with van der Waals surface area (Å²) in [6.07, 6.45) is -1.51. The Morgan fingerprint density at radius 1 is 1.10 bits per heavy atom. The highest BCUT2D eigenvalue weighted by atomic mass is 19.1. The molecule has 0 saturated heterocycles. The second kappa shape index (κ2) is 5.68. The van der Waals surface area contributed by atoms with Crippen molar-refractivity contribution in [1.82, 2.24) is 0 Å². The fourth-order valence-corrected chi connectivity index (χ4v) is 2.42. The summed E-state index contributed by atoms with van der Waals surface area (Å²) in [6.45, 7) is 0. The highest BCUT2D eigenvalue weighted by molar-refractivity contribution is 5.78. The molecule has 2 aromatic carbocycles. The van der Waals surface area contributed by atoms with E-state index in [0.29, 0.717) is 16.7 Å². The van der Waals surface area contributed by atoms with Crippen molar-refractivity contribution in [3.05, 3.63) is 71.7 Å². The van der Waals surface area contributed by atoms with Gasteiger partial charge in [0.15, 0.2) is 0 Å². The molecule has 1 heterocycles. The Kier molecular flexibility index (Phi) is 3.73. The standard InChI is InChI=1S/C17H15FO3/c1-20-17(11-5-3-2-4-6-11)16(19)15-10-12-9-13(18)7-8-14(12)21-15/h2-10,16-17,19H,1H3. The summed E-state index contributed by atoms with van der Waals surface area (Å²) in [5.74, 6) is 0.0157. The first-order valence-corrected chi connectivity index (χ1v) is 6.64. The van der Waals surface area contributed by atoms with E-state index in [9.17, 15) is 9.50 Å². The van der Waals surface area contributed by atoms with E-state index in [1.54, 1.807) is 12.1 Å². The van der Waals surface area contributed by atoms with Gasteiger partial charge in [-0.15, -0.1) is 0 Å². The molecule has 2 atom stereocenters. The van der Waals surface area contributed by atoms with Gasteiger partial charge in [-0.3, -0.25) is 0 Å². The van der Waals surface area contributed by atoms with Crippen molar-refractivity contribution in [1.29, 1.82) is 0 Å². The maximum absolute atomic E-state index is 13.2. The molecule has 1 aromatic heterocycles. The van der Waals surface area contributed by atoms with Crippen molar-refractivity contribution in [2.24, 2.45) is 0 Å².